The maximum atomic E-state index is 8.15. The molecule has 0 radical (unpaired) electrons. The minimum Gasteiger partial charge on any atom is -0.395 e. The fourth-order valence-corrected chi connectivity index (χ4v) is 0.283. The van der Waals surface area contributed by atoms with Crippen LogP contribution in [0.25, 0.3) is 0 Å². The number of hydrogen-bond donors (Lipinski definition) is 3. The molecule has 0 unspecified atom stereocenters. The Kier molecular flexibility index (Phi) is 15.0. The Hall–Kier alpha value is 0.594. The van der Waals surface area contributed by atoms with Crippen molar-refractivity contribution in [2.24, 2.45) is 0 Å². The Bertz CT molecular complexity index is 33.2. The molecule has 0 aromatic rings. The summed E-state index contributed by atoms with van der Waals surface area (Å²) in [5, 5.41) is 19.1. The van der Waals surface area contributed by atoms with Gasteiger partial charge in [0.25, 0.3) is 0 Å². The number of rotatable bonds is 4. The minimum atomic E-state index is 0. The molecule has 4 heteroatoms. The van der Waals surface area contributed by atoms with Gasteiger partial charge >= 0.3 is 0 Å². The Labute approximate surface area is 64.0 Å². The third kappa shape index (κ3) is 9.78. The third-order valence-corrected chi connectivity index (χ3v) is 0.577. The van der Waals surface area contributed by atoms with Crippen LogP contribution in [-0.2, 0) is 21.7 Å². The van der Waals surface area contributed by atoms with E-state index in [4.69, 9.17) is 10.2 Å². The average Bonchev–Trinajstić information content (AvgIpc) is 1.69. The van der Waals surface area contributed by atoms with Crippen molar-refractivity contribution < 1.29 is 31.9 Å². The van der Waals surface area contributed by atoms with Crippen LogP contribution < -0.4 is 5.32 Å². The second-order valence-electron chi connectivity index (χ2n) is 1.20. The fraction of sp³-hybridized carbons (Fsp3) is 1.00. The molecule has 0 aromatic carbocycles. The van der Waals surface area contributed by atoms with Gasteiger partial charge < -0.3 is 15.5 Å². The van der Waals surface area contributed by atoms with E-state index in [0.717, 1.165) is 0 Å². The summed E-state index contributed by atoms with van der Waals surface area (Å²) in [7, 11) is 0. The van der Waals surface area contributed by atoms with Gasteiger partial charge in [-0.15, -0.1) is 0 Å². The average molecular weight is 153 g/mol. The van der Waals surface area contributed by atoms with Crippen LogP contribution in [-0.4, -0.2) is 36.5 Å². The molecule has 0 bridgehead atoms. The SMILES string of the molecule is OCCNCCO.[Ti]. The molecule has 0 saturated heterocycles. The summed E-state index contributed by atoms with van der Waals surface area (Å²) in [4.78, 5) is 0. The zero-order valence-corrected chi connectivity index (χ0v) is 6.28. The van der Waals surface area contributed by atoms with Crippen LogP contribution in [0.15, 0.2) is 0 Å². The Morgan fingerprint density at radius 2 is 1.38 bits per heavy atom. The van der Waals surface area contributed by atoms with Crippen molar-refractivity contribution in [3.8, 4) is 0 Å². The van der Waals surface area contributed by atoms with Crippen molar-refractivity contribution in [2.75, 3.05) is 26.3 Å². The molecule has 3 N–H and O–H groups in total. The van der Waals surface area contributed by atoms with Crippen LogP contribution >= 0.6 is 0 Å². The first-order valence-corrected chi connectivity index (χ1v) is 2.34. The summed E-state index contributed by atoms with van der Waals surface area (Å²) in [5.41, 5.74) is 0. The Morgan fingerprint density at radius 3 is 1.62 bits per heavy atom. The predicted octanol–water partition coefficient (Wildman–Crippen LogP) is -1.44. The number of hydrogen-bond acceptors (Lipinski definition) is 3. The van der Waals surface area contributed by atoms with Gasteiger partial charge in [0.1, 0.15) is 0 Å². The molecule has 0 amide bonds. The molecule has 0 saturated carbocycles. The van der Waals surface area contributed by atoms with Gasteiger partial charge in [-0.25, -0.2) is 0 Å². The second-order valence-corrected chi connectivity index (χ2v) is 1.20. The van der Waals surface area contributed by atoms with E-state index < -0.39 is 0 Å². The largest absolute Gasteiger partial charge is 0.395 e. The molecule has 0 atom stereocenters. The Morgan fingerprint density at radius 1 is 1.00 bits per heavy atom. The molecule has 0 aliphatic carbocycles. The van der Waals surface area contributed by atoms with Crippen molar-refractivity contribution in [2.45, 2.75) is 0 Å². The van der Waals surface area contributed by atoms with E-state index in [-0.39, 0.29) is 34.9 Å². The predicted molar refractivity (Wildman–Crippen MR) is 27.0 cm³/mol. The van der Waals surface area contributed by atoms with Crippen LogP contribution in [0.4, 0.5) is 0 Å². The normalized spacial score (nSPS) is 8.25. The monoisotopic (exact) mass is 153 g/mol. The first-order chi connectivity index (χ1) is 3.41. The molecular formula is C4H11NO2Ti. The van der Waals surface area contributed by atoms with Crippen molar-refractivity contribution in [1.82, 2.24) is 5.32 Å². The molecule has 0 rings (SSSR count). The molecule has 0 heterocycles. The van der Waals surface area contributed by atoms with Crippen molar-refractivity contribution >= 4 is 0 Å². The van der Waals surface area contributed by atoms with E-state index in [0.29, 0.717) is 13.1 Å². The van der Waals surface area contributed by atoms with Crippen LogP contribution in [0.3, 0.4) is 0 Å². The number of aliphatic hydroxyl groups excluding tert-OH is 2. The van der Waals surface area contributed by atoms with Gasteiger partial charge in [-0.05, 0) is 0 Å². The van der Waals surface area contributed by atoms with Crippen LogP contribution in [0, 0.1) is 0 Å². The second kappa shape index (κ2) is 10.6. The summed E-state index contributed by atoms with van der Waals surface area (Å²) in [5.74, 6) is 0. The smallest absolute Gasteiger partial charge is 0.0555 e. The maximum absolute atomic E-state index is 8.15. The Balaban J connectivity index is 0. The van der Waals surface area contributed by atoms with Gasteiger partial charge in [0.2, 0.25) is 0 Å². The molecular weight excluding hydrogens is 142 g/mol. The fourth-order valence-electron chi connectivity index (χ4n) is 0.283. The quantitative estimate of drug-likeness (QED) is 0.342. The van der Waals surface area contributed by atoms with E-state index >= 15 is 0 Å². The standard InChI is InChI=1S/C4H11NO2.Ti/c6-3-1-5-2-4-7;/h5-7H,1-4H2;. The first-order valence-electron chi connectivity index (χ1n) is 2.34. The van der Waals surface area contributed by atoms with E-state index in [1.165, 1.54) is 0 Å². The van der Waals surface area contributed by atoms with Gasteiger partial charge in [-0.3, -0.25) is 0 Å². The van der Waals surface area contributed by atoms with Gasteiger partial charge in [0, 0.05) is 34.8 Å². The van der Waals surface area contributed by atoms with Gasteiger partial charge in [-0.1, -0.05) is 0 Å². The van der Waals surface area contributed by atoms with E-state index in [2.05, 4.69) is 5.32 Å². The first kappa shape index (κ1) is 11.4. The summed E-state index contributed by atoms with van der Waals surface area (Å²) in [6, 6.07) is 0. The van der Waals surface area contributed by atoms with Crippen molar-refractivity contribution in [3.63, 3.8) is 0 Å². The maximum Gasteiger partial charge on any atom is 0.0555 e. The summed E-state index contributed by atoms with van der Waals surface area (Å²) < 4.78 is 0. The molecule has 3 nitrogen and oxygen atoms in total. The van der Waals surface area contributed by atoms with E-state index in [1.807, 2.05) is 0 Å². The summed E-state index contributed by atoms with van der Waals surface area (Å²) in [6.45, 7) is 1.42. The summed E-state index contributed by atoms with van der Waals surface area (Å²) in [6.07, 6.45) is 0. The van der Waals surface area contributed by atoms with E-state index in [1.54, 1.807) is 0 Å². The topological polar surface area (TPSA) is 52.5 Å². The molecule has 0 aliphatic heterocycles. The van der Waals surface area contributed by atoms with Crippen molar-refractivity contribution in [3.05, 3.63) is 0 Å². The number of nitrogens with one attached hydrogen (secondary N) is 1. The molecule has 0 aromatic heterocycles. The summed E-state index contributed by atoms with van der Waals surface area (Å²) >= 11 is 0. The molecule has 0 fully saturated rings. The van der Waals surface area contributed by atoms with Crippen LogP contribution in [0.5, 0.6) is 0 Å². The molecule has 0 aliphatic rings. The zero-order valence-electron chi connectivity index (χ0n) is 4.72. The van der Waals surface area contributed by atoms with Gasteiger partial charge in [0.05, 0.1) is 13.2 Å². The molecule has 48 valence electrons. The van der Waals surface area contributed by atoms with Gasteiger partial charge in [0.15, 0.2) is 0 Å². The molecule has 8 heavy (non-hydrogen) atoms. The van der Waals surface area contributed by atoms with Crippen LogP contribution in [0.1, 0.15) is 0 Å². The van der Waals surface area contributed by atoms with E-state index in [9.17, 15) is 0 Å². The zero-order chi connectivity index (χ0) is 5.54. The number of aliphatic hydroxyl groups is 2. The van der Waals surface area contributed by atoms with Crippen molar-refractivity contribution in [1.29, 1.82) is 0 Å². The third-order valence-electron chi connectivity index (χ3n) is 0.577. The van der Waals surface area contributed by atoms with Crippen LogP contribution in [0.2, 0.25) is 0 Å². The minimum absolute atomic E-state index is 0. The van der Waals surface area contributed by atoms with Gasteiger partial charge in [-0.2, -0.15) is 0 Å². The molecule has 0 spiro atoms.